The Kier molecular flexibility index (Phi) is 9.22. The van der Waals surface area contributed by atoms with Crippen LogP contribution in [0.4, 0.5) is 0 Å². The summed E-state index contributed by atoms with van der Waals surface area (Å²) in [7, 11) is 0. The molecule has 0 spiro atoms. The van der Waals surface area contributed by atoms with E-state index in [9.17, 15) is 9.59 Å². The van der Waals surface area contributed by atoms with Crippen molar-refractivity contribution in [2.45, 2.75) is 33.7 Å². The summed E-state index contributed by atoms with van der Waals surface area (Å²) in [6, 6.07) is 9.55. The zero-order chi connectivity index (χ0) is 17.1. The van der Waals surface area contributed by atoms with Gasteiger partial charge in [0.1, 0.15) is 6.61 Å². The van der Waals surface area contributed by atoms with E-state index >= 15 is 0 Å². The molecule has 0 amide bonds. The molecule has 0 radical (unpaired) electrons. The Morgan fingerprint density at radius 2 is 1.59 bits per heavy atom. The van der Waals surface area contributed by atoms with Gasteiger partial charge >= 0.3 is 11.9 Å². The van der Waals surface area contributed by atoms with Gasteiger partial charge in [-0.25, -0.2) is 9.59 Å². The molecule has 1 aromatic carbocycles. The van der Waals surface area contributed by atoms with Gasteiger partial charge in [-0.2, -0.15) is 0 Å². The lowest BCUT2D eigenvalue weighted by Crippen LogP contribution is -2.13. The molecule has 0 fully saturated rings. The Bertz CT molecular complexity index is 517. The second-order valence-electron chi connectivity index (χ2n) is 4.63. The predicted octanol–water partition coefficient (Wildman–Crippen LogP) is 2.75. The molecule has 1 atom stereocenters. The molecule has 1 rings (SSSR count). The third-order valence-corrected chi connectivity index (χ3v) is 2.19. The van der Waals surface area contributed by atoms with Crippen LogP contribution < -0.4 is 0 Å². The highest BCUT2D eigenvalue weighted by atomic mass is 16.6. The van der Waals surface area contributed by atoms with Crippen LogP contribution in [0, 0.1) is 0 Å². The Balaban J connectivity index is 0.000000433. The summed E-state index contributed by atoms with van der Waals surface area (Å²) in [6.07, 6.45) is -1.05. The third-order valence-electron chi connectivity index (χ3n) is 2.19. The number of rotatable bonds is 5. The van der Waals surface area contributed by atoms with Gasteiger partial charge in [-0.3, -0.25) is 0 Å². The molecular formula is C17H22O5. The summed E-state index contributed by atoms with van der Waals surface area (Å²) < 4.78 is 9.28. The minimum Gasteiger partial charge on any atom is -0.457 e. The van der Waals surface area contributed by atoms with Crippen molar-refractivity contribution in [3.8, 4) is 0 Å². The minimum atomic E-state index is -1.05. The van der Waals surface area contributed by atoms with Gasteiger partial charge in [0, 0.05) is 11.1 Å². The molecule has 22 heavy (non-hydrogen) atoms. The largest absolute Gasteiger partial charge is 0.457 e. The molecule has 5 heteroatoms. The van der Waals surface area contributed by atoms with E-state index < -0.39 is 12.3 Å². The lowest BCUT2D eigenvalue weighted by Gasteiger charge is -2.04. The van der Waals surface area contributed by atoms with Crippen LogP contribution >= 0.6 is 0 Å². The molecule has 0 aliphatic heterocycles. The summed E-state index contributed by atoms with van der Waals surface area (Å²) in [5, 5.41) is 8.49. The van der Waals surface area contributed by atoms with E-state index in [0.717, 1.165) is 5.56 Å². The number of hydrogen-bond acceptors (Lipinski definition) is 5. The molecule has 0 aliphatic carbocycles. The normalized spacial score (nSPS) is 10.5. The van der Waals surface area contributed by atoms with E-state index in [1.807, 2.05) is 30.3 Å². The van der Waals surface area contributed by atoms with Crippen LogP contribution in [0.15, 0.2) is 54.6 Å². The maximum Gasteiger partial charge on any atom is 0.335 e. The molecule has 1 N–H and O–H groups in total. The maximum atomic E-state index is 11.0. The van der Waals surface area contributed by atoms with Gasteiger partial charge in [-0.05, 0) is 26.3 Å². The second-order valence-corrected chi connectivity index (χ2v) is 4.63. The highest BCUT2D eigenvalue weighted by Gasteiger charge is 2.05. The summed E-state index contributed by atoms with van der Waals surface area (Å²) >= 11 is 0. The average molecular weight is 306 g/mol. The fourth-order valence-corrected chi connectivity index (χ4v) is 1.10. The summed E-state index contributed by atoms with van der Waals surface area (Å²) in [5.74, 6) is -0.908. The Morgan fingerprint density at radius 3 is 1.95 bits per heavy atom. The molecule has 0 aromatic heterocycles. The first kappa shape index (κ1) is 19.6. The van der Waals surface area contributed by atoms with Crippen molar-refractivity contribution in [2.75, 3.05) is 0 Å². The minimum absolute atomic E-state index is 0.288. The Morgan fingerprint density at radius 1 is 1.09 bits per heavy atom. The van der Waals surface area contributed by atoms with Gasteiger partial charge in [0.2, 0.25) is 0 Å². The molecule has 5 nitrogen and oxygen atoms in total. The van der Waals surface area contributed by atoms with E-state index in [0.29, 0.717) is 12.2 Å². The van der Waals surface area contributed by atoms with Crippen molar-refractivity contribution in [1.29, 1.82) is 0 Å². The molecule has 1 aromatic rings. The predicted molar refractivity (Wildman–Crippen MR) is 83.6 cm³/mol. The van der Waals surface area contributed by atoms with Gasteiger partial charge in [0.15, 0.2) is 6.29 Å². The first-order valence-corrected chi connectivity index (χ1v) is 6.65. The van der Waals surface area contributed by atoms with Gasteiger partial charge in [0.25, 0.3) is 0 Å². The smallest absolute Gasteiger partial charge is 0.335 e. The van der Waals surface area contributed by atoms with E-state index in [4.69, 9.17) is 9.84 Å². The molecular weight excluding hydrogens is 284 g/mol. The number of benzene rings is 1. The number of esters is 2. The monoisotopic (exact) mass is 306 g/mol. The zero-order valence-corrected chi connectivity index (χ0v) is 13.2. The maximum absolute atomic E-state index is 11.0. The number of carbonyl (C=O) groups is 2. The molecule has 0 saturated carbocycles. The first-order chi connectivity index (χ1) is 10.2. The van der Waals surface area contributed by atoms with Crippen molar-refractivity contribution in [3.05, 3.63) is 60.2 Å². The molecule has 120 valence electrons. The van der Waals surface area contributed by atoms with E-state index in [2.05, 4.69) is 17.9 Å². The van der Waals surface area contributed by atoms with Crippen LogP contribution in [0.1, 0.15) is 26.3 Å². The van der Waals surface area contributed by atoms with Crippen LogP contribution in [0.25, 0.3) is 0 Å². The second kappa shape index (κ2) is 10.3. The summed E-state index contributed by atoms with van der Waals surface area (Å²) in [5.41, 5.74) is 1.70. The van der Waals surface area contributed by atoms with Gasteiger partial charge < -0.3 is 14.6 Å². The van der Waals surface area contributed by atoms with Crippen molar-refractivity contribution in [1.82, 2.24) is 0 Å². The number of carbonyl (C=O) groups excluding carboxylic acids is 2. The lowest BCUT2D eigenvalue weighted by molar-refractivity contribution is -0.159. The molecule has 0 aliphatic rings. The highest BCUT2D eigenvalue weighted by molar-refractivity contribution is 5.87. The number of aliphatic hydroxyl groups is 1. The fraction of sp³-hybridized carbons (Fsp3) is 0.294. The van der Waals surface area contributed by atoms with Gasteiger partial charge in [-0.1, -0.05) is 43.5 Å². The number of ether oxygens (including phenoxy) is 2. The molecule has 1 unspecified atom stereocenters. The molecule has 0 heterocycles. The van der Waals surface area contributed by atoms with Crippen LogP contribution in [0.3, 0.4) is 0 Å². The third kappa shape index (κ3) is 9.50. The van der Waals surface area contributed by atoms with Gasteiger partial charge in [0.05, 0.1) is 0 Å². The van der Waals surface area contributed by atoms with Gasteiger partial charge in [-0.15, -0.1) is 0 Å². The van der Waals surface area contributed by atoms with Crippen LogP contribution in [0.5, 0.6) is 0 Å². The highest BCUT2D eigenvalue weighted by Crippen LogP contribution is 2.02. The van der Waals surface area contributed by atoms with Crippen molar-refractivity contribution < 1.29 is 24.2 Å². The van der Waals surface area contributed by atoms with Crippen molar-refractivity contribution >= 4 is 11.9 Å². The lowest BCUT2D eigenvalue weighted by atomic mass is 10.2. The SMILES string of the molecule is C=C(C)C(=O)OC(C)O.C=C(C)C(=O)OCc1ccccc1. The van der Waals surface area contributed by atoms with E-state index in [-0.39, 0.29) is 11.5 Å². The van der Waals surface area contributed by atoms with Crippen molar-refractivity contribution in [2.24, 2.45) is 0 Å². The van der Waals surface area contributed by atoms with Crippen LogP contribution in [-0.2, 0) is 25.7 Å². The van der Waals surface area contributed by atoms with E-state index in [1.165, 1.54) is 13.8 Å². The molecule has 0 saturated heterocycles. The number of hydrogen-bond donors (Lipinski definition) is 1. The van der Waals surface area contributed by atoms with Crippen LogP contribution in [0.2, 0.25) is 0 Å². The topological polar surface area (TPSA) is 72.8 Å². The Labute approximate surface area is 130 Å². The average Bonchev–Trinajstić information content (AvgIpc) is 2.45. The van der Waals surface area contributed by atoms with Crippen molar-refractivity contribution in [3.63, 3.8) is 0 Å². The van der Waals surface area contributed by atoms with Crippen LogP contribution in [-0.4, -0.2) is 23.3 Å². The summed E-state index contributed by atoms with van der Waals surface area (Å²) in [4.78, 5) is 21.5. The standard InChI is InChI=1S/C11H12O2.C6H10O3/c1-9(2)11(12)13-8-10-6-4-3-5-7-10;1-4(2)6(8)9-5(3)7/h3-7H,1,8H2,2H3;5,7H,1H2,2-3H3. The quantitative estimate of drug-likeness (QED) is 0.514. The number of aliphatic hydroxyl groups excluding tert-OH is 1. The zero-order valence-electron chi connectivity index (χ0n) is 13.2. The van der Waals surface area contributed by atoms with E-state index in [1.54, 1.807) is 6.92 Å². The Hall–Kier alpha value is -2.40. The fourth-order valence-electron chi connectivity index (χ4n) is 1.10. The summed E-state index contributed by atoms with van der Waals surface area (Å²) in [6.45, 7) is 11.6. The molecule has 0 bridgehead atoms. The first-order valence-electron chi connectivity index (χ1n) is 6.65.